The van der Waals surface area contributed by atoms with E-state index in [1.807, 2.05) is 0 Å². The summed E-state index contributed by atoms with van der Waals surface area (Å²) in [4.78, 5) is 14.8. The second kappa shape index (κ2) is 7.93. The van der Waals surface area contributed by atoms with Crippen molar-refractivity contribution in [2.24, 2.45) is 0 Å². The number of nitrogens with zero attached hydrogens (tertiary/aromatic N) is 1. The second-order valence-corrected chi connectivity index (χ2v) is 8.78. The zero-order valence-electron chi connectivity index (χ0n) is 14.0. The third-order valence-electron chi connectivity index (χ3n) is 3.98. The lowest BCUT2D eigenvalue weighted by atomic mass is 10.2. The maximum Gasteiger partial charge on any atom is 0.270 e. The van der Waals surface area contributed by atoms with E-state index in [2.05, 4.69) is 0 Å². The van der Waals surface area contributed by atoms with E-state index in [9.17, 15) is 4.79 Å². The Hall–Kier alpha value is -1.76. The third-order valence-corrected chi connectivity index (χ3v) is 6.08. The summed E-state index contributed by atoms with van der Waals surface area (Å²) in [7, 11) is 0. The van der Waals surface area contributed by atoms with Crippen LogP contribution in [0.15, 0.2) is 63.9 Å². The van der Waals surface area contributed by atoms with Crippen molar-refractivity contribution < 1.29 is 9.21 Å². The largest absolute Gasteiger partial charge is 0.457 e. The van der Waals surface area contributed by atoms with Crippen LogP contribution in [0.25, 0.3) is 17.4 Å². The van der Waals surface area contributed by atoms with E-state index in [1.54, 1.807) is 60.7 Å². The molecular weight excluding hydrogens is 457 g/mol. The first kappa shape index (κ1) is 19.6. The zero-order chi connectivity index (χ0) is 19.8. The molecule has 0 N–H and O–H groups in total. The van der Waals surface area contributed by atoms with E-state index < -0.39 is 0 Å². The maximum absolute atomic E-state index is 12.8. The first-order chi connectivity index (χ1) is 13.4. The number of amides is 1. The molecule has 28 heavy (non-hydrogen) atoms. The normalized spacial score (nSPS) is 15.7. The molecule has 1 aliphatic rings. The minimum atomic E-state index is -0.209. The summed E-state index contributed by atoms with van der Waals surface area (Å²) < 4.78 is 6.29. The van der Waals surface area contributed by atoms with E-state index in [-0.39, 0.29) is 5.91 Å². The fourth-order valence-corrected chi connectivity index (χ4v) is 4.58. The number of hydrogen-bond donors (Lipinski definition) is 0. The molecule has 8 heteroatoms. The van der Waals surface area contributed by atoms with Gasteiger partial charge in [-0.25, -0.2) is 0 Å². The van der Waals surface area contributed by atoms with Gasteiger partial charge >= 0.3 is 0 Å². The van der Waals surface area contributed by atoms with E-state index >= 15 is 0 Å². The molecule has 0 unspecified atom stereocenters. The summed E-state index contributed by atoms with van der Waals surface area (Å²) in [6.45, 7) is 0. The van der Waals surface area contributed by atoms with Gasteiger partial charge in [0.2, 0.25) is 0 Å². The van der Waals surface area contributed by atoms with Gasteiger partial charge in [-0.05, 0) is 54.6 Å². The van der Waals surface area contributed by atoms with Crippen LogP contribution < -0.4 is 4.90 Å². The molecule has 0 spiro atoms. The van der Waals surface area contributed by atoms with Crippen LogP contribution in [0.5, 0.6) is 0 Å². The summed E-state index contributed by atoms with van der Waals surface area (Å²) in [5.41, 5.74) is 1.39. The van der Waals surface area contributed by atoms with Gasteiger partial charge in [-0.3, -0.25) is 9.69 Å². The number of anilines is 1. The van der Waals surface area contributed by atoms with Crippen molar-refractivity contribution in [3.8, 4) is 11.3 Å². The molecule has 0 atom stereocenters. The predicted octanol–water partition coefficient (Wildman–Crippen LogP) is 7.31. The Labute approximate surface area is 185 Å². The predicted molar refractivity (Wildman–Crippen MR) is 121 cm³/mol. The average Bonchev–Trinajstić information content (AvgIpc) is 3.21. The molecule has 1 saturated heterocycles. The van der Waals surface area contributed by atoms with E-state index in [4.69, 9.17) is 51.4 Å². The third kappa shape index (κ3) is 3.86. The Kier molecular flexibility index (Phi) is 5.54. The number of thiocarbonyl (C=S) groups is 1. The molecule has 0 aliphatic carbocycles. The Balaban J connectivity index is 1.61. The summed E-state index contributed by atoms with van der Waals surface area (Å²) in [5, 5.41) is 1.63. The van der Waals surface area contributed by atoms with Crippen LogP contribution in [-0.4, -0.2) is 10.2 Å². The molecule has 1 aliphatic heterocycles. The van der Waals surface area contributed by atoms with Crippen LogP contribution >= 0.6 is 58.8 Å². The van der Waals surface area contributed by atoms with Crippen molar-refractivity contribution in [1.82, 2.24) is 0 Å². The number of benzene rings is 2. The van der Waals surface area contributed by atoms with Gasteiger partial charge < -0.3 is 4.42 Å². The maximum atomic E-state index is 12.8. The first-order valence-corrected chi connectivity index (χ1v) is 10.4. The molecule has 1 aromatic heterocycles. The van der Waals surface area contributed by atoms with E-state index in [1.165, 1.54) is 16.7 Å². The van der Waals surface area contributed by atoms with Gasteiger partial charge in [-0.2, -0.15) is 0 Å². The lowest BCUT2D eigenvalue weighted by Gasteiger charge is -2.14. The monoisotopic (exact) mass is 465 g/mol. The zero-order valence-corrected chi connectivity index (χ0v) is 17.9. The fraction of sp³-hybridized carbons (Fsp3) is 0. The highest BCUT2D eigenvalue weighted by Gasteiger charge is 2.33. The van der Waals surface area contributed by atoms with Crippen molar-refractivity contribution >= 4 is 80.8 Å². The Morgan fingerprint density at radius 1 is 0.964 bits per heavy atom. The molecule has 140 valence electrons. The average molecular weight is 467 g/mol. The van der Waals surface area contributed by atoms with Gasteiger partial charge in [0.1, 0.15) is 11.5 Å². The highest BCUT2D eigenvalue weighted by Crippen LogP contribution is 2.37. The number of halogens is 3. The molecule has 0 saturated carbocycles. The Morgan fingerprint density at radius 2 is 1.68 bits per heavy atom. The van der Waals surface area contributed by atoms with Crippen LogP contribution in [0.2, 0.25) is 15.1 Å². The summed E-state index contributed by atoms with van der Waals surface area (Å²) in [6, 6.07) is 15.7. The number of rotatable bonds is 3. The van der Waals surface area contributed by atoms with Crippen molar-refractivity contribution in [2.45, 2.75) is 0 Å². The number of carbonyl (C=O) groups excluding carboxylic acids is 1. The van der Waals surface area contributed by atoms with Crippen LogP contribution in [0.4, 0.5) is 5.69 Å². The van der Waals surface area contributed by atoms with Gasteiger partial charge in [0.25, 0.3) is 5.91 Å². The van der Waals surface area contributed by atoms with Gasteiger partial charge in [0, 0.05) is 21.7 Å². The topological polar surface area (TPSA) is 33.5 Å². The molecule has 2 aromatic carbocycles. The van der Waals surface area contributed by atoms with Gasteiger partial charge in [0.05, 0.1) is 15.6 Å². The fourth-order valence-electron chi connectivity index (χ4n) is 2.67. The quantitative estimate of drug-likeness (QED) is 0.299. The number of carbonyl (C=O) groups is 1. The van der Waals surface area contributed by atoms with E-state index in [0.717, 1.165) is 5.56 Å². The van der Waals surface area contributed by atoms with Crippen LogP contribution in [0.1, 0.15) is 5.76 Å². The Bertz CT molecular complexity index is 1120. The standard InChI is InChI=1S/C20H10Cl3NO2S2/c21-11-1-4-13(5-2-11)24-19(25)18(28-20(24)27)10-14-6-8-17(26-14)15-7-3-12(22)9-16(15)23/h1-10H/b18-10+. The number of furan rings is 1. The molecule has 1 amide bonds. The van der Waals surface area contributed by atoms with Crippen molar-refractivity contribution in [3.63, 3.8) is 0 Å². The summed E-state index contributed by atoms with van der Waals surface area (Å²) in [6.07, 6.45) is 1.67. The minimum absolute atomic E-state index is 0.209. The SMILES string of the molecule is O=C1/C(=C\c2ccc(-c3ccc(Cl)cc3Cl)o2)SC(=S)N1c1ccc(Cl)cc1. The van der Waals surface area contributed by atoms with Crippen molar-refractivity contribution in [3.05, 3.63) is 80.3 Å². The van der Waals surface area contributed by atoms with Gasteiger partial charge in [-0.1, -0.05) is 58.8 Å². The molecule has 0 radical (unpaired) electrons. The Morgan fingerprint density at radius 3 is 2.39 bits per heavy atom. The van der Waals surface area contributed by atoms with Gasteiger partial charge in [0.15, 0.2) is 4.32 Å². The smallest absolute Gasteiger partial charge is 0.270 e. The van der Waals surface area contributed by atoms with Crippen molar-refractivity contribution in [2.75, 3.05) is 4.90 Å². The van der Waals surface area contributed by atoms with Gasteiger partial charge in [-0.15, -0.1) is 0 Å². The molecule has 3 aromatic rings. The minimum Gasteiger partial charge on any atom is -0.457 e. The van der Waals surface area contributed by atoms with Crippen LogP contribution in [-0.2, 0) is 4.79 Å². The molecule has 0 bridgehead atoms. The summed E-state index contributed by atoms with van der Waals surface area (Å²) >= 11 is 24.7. The van der Waals surface area contributed by atoms with Crippen LogP contribution in [0, 0.1) is 0 Å². The number of thioether (sulfide) groups is 1. The second-order valence-electron chi connectivity index (χ2n) is 5.82. The lowest BCUT2D eigenvalue weighted by molar-refractivity contribution is -0.113. The lowest BCUT2D eigenvalue weighted by Crippen LogP contribution is -2.27. The molecular formula is C20H10Cl3NO2S2. The molecule has 4 rings (SSSR count). The van der Waals surface area contributed by atoms with E-state index in [0.29, 0.717) is 41.5 Å². The highest BCUT2D eigenvalue weighted by molar-refractivity contribution is 8.27. The summed E-state index contributed by atoms with van der Waals surface area (Å²) in [5.74, 6) is 0.901. The van der Waals surface area contributed by atoms with Crippen molar-refractivity contribution in [1.29, 1.82) is 0 Å². The molecule has 3 nitrogen and oxygen atoms in total. The first-order valence-electron chi connectivity index (χ1n) is 8.01. The highest BCUT2D eigenvalue weighted by atomic mass is 35.5. The molecule has 2 heterocycles. The number of hydrogen-bond acceptors (Lipinski definition) is 4. The molecule has 1 fully saturated rings. The van der Waals surface area contributed by atoms with Crippen LogP contribution in [0.3, 0.4) is 0 Å².